The molecule has 0 radical (unpaired) electrons. The fourth-order valence-corrected chi connectivity index (χ4v) is 4.98. The van der Waals surface area contributed by atoms with Gasteiger partial charge >= 0.3 is 0 Å². The molecule has 1 aromatic rings. The van der Waals surface area contributed by atoms with E-state index in [1.807, 2.05) is 0 Å². The fraction of sp³-hybridized carbons (Fsp3) is 0.600. The highest BCUT2D eigenvalue weighted by Crippen LogP contribution is 2.52. The first-order valence-electron chi connectivity index (χ1n) is 9.58. The number of methoxy groups -OCH3 is 1. The topological polar surface area (TPSA) is 76.7 Å². The molecule has 4 aliphatic carbocycles. The van der Waals surface area contributed by atoms with Gasteiger partial charge < -0.3 is 20.1 Å². The Kier molecular flexibility index (Phi) is 3.46. The van der Waals surface area contributed by atoms with Gasteiger partial charge in [0.25, 0.3) is 5.91 Å². The molecule has 0 saturated heterocycles. The van der Waals surface area contributed by atoms with E-state index in [0.717, 1.165) is 32.1 Å². The summed E-state index contributed by atoms with van der Waals surface area (Å²) >= 11 is 0. The highest BCUT2D eigenvalue weighted by atomic mass is 16.5. The lowest BCUT2D eigenvalue weighted by Gasteiger charge is -2.55. The van der Waals surface area contributed by atoms with Crippen LogP contribution in [0.5, 0.6) is 11.5 Å². The number of nitrogens with one attached hydrogen (secondary N) is 2. The van der Waals surface area contributed by atoms with Crippen molar-refractivity contribution in [2.75, 3.05) is 7.11 Å². The van der Waals surface area contributed by atoms with Crippen molar-refractivity contribution in [1.82, 2.24) is 10.6 Å². The van der Waals surface area contributed by atoms with Crippen molar-refractivity contribution in [3.05, 3.63) is 23.8 Å². The molecule has 26 heavy (non-hydrogen) atoms. The predicted molar refractivity (Wildman–Crippen MR) is 93.9 cm³/mol. The molecular formula is C20H24N2O4. The summed E-state index contributed by atoms with van der Waals surface area (Å²) in [4.78, 5) is 25.3. The van der Waals surface area contributed by atoms with Crippen LogP contribution in [0, 0.1) is 17.8 Å². The number of carbonyl (C=O) groups is 2. The zero-order chi connectivity index (χ0) is 17.9. The Balaban J connectivity index is 1.40. The van der Waals surface area contributed by atoms with Crippen molar-refractivity contribution in [1.29, 1.82) is 0 Å². The van der Waals surface area contributed by atoms with Crippen molar-refractivity contribution in [2.24, 2.45) is 17.8 Å². The lowest BCUT2D eigenvalue weighted by molar-refractivity contribution is -0.146. The minimum absolute atomic E-state index is 0.0483. The molecule has 2 N–H and O–H groups in total. The van der Waals surface area contributed by atoms with Crippen LogP contribution in [0.15, 0.2) is 18.2 Å². The van der Waals surface area contributed by atoms with Crippen molar-refractivity contribution in [3.63, 3.8) is 0 Å². The van der Waals surface area contributed by atoms with Gasteiger partial charge in [0.05, 0.1) is 12.7 Å². The van der Waals surface area contributed by atoms with Crippen LogP contribution >= 0.6 is 0 Å². The Bertz CT molecular complexity index is 775. The molecule has 6 heteroatoms. The van der Waals surface area contributed by atoms with Gasteiger partial charge in [0, 0.05) is 30.4 Å². The van der Waals surface area contributed by atoms with E-state index >= 15 is 0 Å². The standard InChI is InChI=1S/C20H24N2O4/c1-25-14-6-7-15-17(9-14)26-20(22-19(15)24)10-11-2-3-12(20)8-16(11)18(23)21-13-4-5-13/h6-7,9,11-13,16H,2-5,8,10H2,1H3,(H,21,23)(H,22,24)/t11-,12+,16-,20-/m1/s1. The number of fused-ring (bicyclic) bond motifs is 3. The van der Waals surface area contributed by atoms with E-state index in [0.29, 0.717) is 29.5 Å². The monoisotopic (exact) mass is 356 g/mol. The number of hydrogen-bond acceptors (Lipinski definition) is 4. The third-order valence-corrected chi connectivity index (χ3v) is 6.53. The third kappa shape index (κ3) is 2.46. The lowest BCUT2D eigenvalue weighted by atomic mass is 9.60. The molecule has 2 bridgehead atoms. The molecule has 1 heterocycles. The van der Waals surface area contributed by atoms with Crippen LogP contribution in [0.1, 0.15) is 48.9 Å². The van der Waals surface area contributed by atoms with E-state index in [1.165, 1.54) is 0 Å². The Morgan fingerprint density at radius 3 is 2.85 bits per heavy atom. The first-order valence-corrected chi connectivity index (χ1v) is 9.58. The van der Waals surface area contributed by atoms with Crippen molar-refractivity contribution in [3.8, 4) is 11.5 Å². The zero-order valence-electron chi connectivity index (χ0n) is 14.9. The number of amides is 2. The average molecular weight is 356 g/mol. The van der Waals surface area contributed by atoms with E-state index in [4.69, 9.17) is 9.47 Å². The van der Waals surface area contributed by atoms with Crippen molar-refractivity contribution in [2.45, 2.75) is 50.3 Å². The smallest absolute Gasteiger partial charge is 0.258 e. The number of benzene rings is 1. The van der Waals surface area contributed by atoms with Crippen molar-refractivity contribution < 1.29 is 19.1 Å². The van der Waals surface area contributed by atoms with Crippen LogP contribution in [-0.2, 0) is 4.79 Å². The Labute approximate surface area is 152 Å². The lowest BCUT2D eigenvalue weighted by Crippen LogP contribution is -2.67. The molecule has 4 atom stereocenters. The number of carbonyl (C=O) groups excluding carboxylic acids is 2. The largest absolute Gasteiger partial charge is 0.497 e. The van der Waals surface area contributed by atoms with Gasteiger partial charge in [0.15, 0.2) is 5.72 Å². The maximum absolute atomic E-state index is 12.7. The normalized spacial score (nSPS) is 34.7. The minimum atomic E-state index is -0.685. The molecule has 2 amide bonds. The van der Waals surface area contributed by atoms with E-state index in [1.54, 1.807) is 25.3 Å². The van der Waals surface area contributed by atoms with Crippen LogP contribution < -0.4 is 20.1 Å². The van der Waals surface area contributed by atoms with Gasteiger partial charge in [0.1, 0.15) is 11.5 Å². The predicted octanol–water partition coefficient (Wildman–Crippen LogP) is 2.23. The van der Waals surface area contributed by atoms with Gasteiger partial charge in [0.2, 0.25) is 5.91 Å². The third-order valence-electron chi connectivity index (χ3n) is 6.53. The van der Waals surface area contributed by atoms with Gasteiger partial charge in [-0.2, -0.15) is 0 Å². The molecule has 0 unspecified atom stereocenters. The second-order valence-electron chi connectivity index (χ2n) is 8.17. The SMILES string of the molecule is COc1ccc2c(c1)O[C@@]1(C[C@H]3CC[C@H]1C[C@H]3C(=O)NC1CC1)NC2=O. The molecule has 1 aliphatic heterocycles. The molecule has 4 saturated carbocycles. The summed E-state index contributed by atoms with van der Waals surface area (Å²) < 4.78 is 11.7. The molecule has 138 valence electrons. The van der Waals surface area contributed by atoms with Crippen LogP contribution in [0.4, 0.5) is 0 Å². The molecule has 0 aromatic heterocycles. The summed E-state index contributed by atoms with van der Waals surface area (Å²) in [6.45, 7) is 0. The average Bonchev–Trinajstić information content (AvgIpc) is 3.45. The molecule has 6 rings (SSSR count). The minimum Gasteiger partial charge on any atom is -0.497 e. The van der Waals surface area contributed by atoms with Gasteiger partial charge in [-0.05, 0) is 50.2 Å². The summed E-state index contributed by atoms with van der Waals surface area (Å²) in [5.74, 6) is 1.82. The number of rotatable bonds is 3. The highest BCUT2D eigenvalue weighted by molar-refractivity contribution is 5.98. The van der Waals surface area contributed by atoms with Gasteiger partial charge in [-0.1, -0.05) is 0 Å². The van der Waals surface area contributed by atoms with Gasteiger partial charge in [-0.3, -0.25) is 9.59 Å². The summed E-state index contributed by atoms with van der Waals surface area (Å²) in [6, 6.07) is 5.69. The second kappa shape index (κ2) is 5.63. The first kappa shape index (κ1) is 16.0. The van der Waals surface area contributed by atoms with E-state index in [-0.39, 0.29) is 29.6 Å². The van der Waals surface area contributed by atoms with Gasteiger partial charge in [-0.25, -0.2) is 0 Å². The summed E-state index contributed by atoms with van der Waals surface area (Å²) in [6.07, 6.45) is 5.70. The van der Waals surface area contributed by atoms with Crippen LogP contribution in [0.25, 0.3) is 0 Å². The maximum atomic E-state index is 12.7. The molecule has 1 spiro atoms. The first-order chi connectivity index (χ1) is 12.6. The highest BCUT2D eigenvalue weighted by Gasteiger charge is 2.57. The van der Waals surface area contributed by atoms with E-state index in [2.05, 4.69) is 10.6 Å². The molecule has 5 aliphatic rings. The Hall–Kier alpha value is -2.24. The summed E-state index contributed by atoms with van der Waals surface area (Å²) in [5, 5.41) is 6.29. The van der Waals surface area contributed by atoms with Crippen LogP contribution in [0.2, 0.25) is 0 Å². The second-order valence-corrected chi connectivity index (χ2v) is 8.17. The number of hydrogen-bond donors (Lipinski definition) is 2. The fourth-order valence-electron chi connectivity index (χ4n) is 4.98. The zero-order valence-corrected chi connectivity index (χ0v) is 14.9. The van der Waals surface area contributed by atoms with Gasteiger partial charge in [-0.15, -0.1) is 0 Å². The molecule has 6 nitrogen and oxygen atoms in total. The summed E-state index contributed by atoms with van der Waals surface area (Å²) in [5.41, 5.74) is -0.142. The van der Waals surface area contributed by atoms with E-state index < -0.39 is 5.72 Å². The molecule has 4 fully saturated rings. The molecule has 1 aromatic carbocycles. The van der Waals surface area contributed by atoms with E-state index in [9.17, 15) is 9.59 Å². The van der Waals surface area contributed by atoms with Crippen LogP contribution in [0.3, 0.4) is 0 Å². The quantitative estimate of drug-likeness (QED) is 0.871. The molecular weight excluding hydrogens is 332 g/mol. The number of ether oxygens (including phenoxy) is 2. The van der Waals surface area contributed by atoms with Crippen molar-refractivity contribution >= 4 is 11.8 Å². The Morgan fingerprint density at radius 2 is 2.15 bits per heavy atom. The Morgan fingerprint density at radius 1 is 1.31 bits per heavy atom. The summed E-state index contributed by atoms with van der Waals surface area (Å²) in [7, 11) is 1.60. The maximum Gasteiger partial charge on any atom is 0.258 e. The van der Waals surface area contributed by atoms with Crippen LogP contribution in [-0.4, -0.2) is 30.7 Å².